The van der Waals surface area contributed by atoms with Gasteiger partial charge in [0.2, 0.25) is 0 Å². The van der Waals surface area contributed by atoms with Crippen molar-refractivity contribution >= 4 is 40.6 Å². The minimum Gasteiger partial charge on any atom is -0.480 e. The number of nitriles is 1. The monoisotopic (exact) mass is 482 g/mol. The third kappa shape index (κ3) is 5.38. The molecule has 0 radical (unpaired) electrons. The maximum absolute atomic E-state index is 14.5. The highest BCUT2D eigenvalue weighted by Gasteiger charge is 2.38. The first-order valence-corrected chi connectivity index (χ1v) is 9.62. The number of alkyl halides is 3. The normalized spacial score (nSPS) is 11.3. The van der Waals surface area contributed by atoms with E-state index in [0.29, 0.717) is 6.07 Å². The minimum atomic E-state index is -4.82. The van der Waals surface area contributed by atoms with Gasteiger partial charge in [-0.15, -0.1) is 0 Å². The molecule has 0 unspecified atom stereocenters. The van der Waals surface area contributed by atoms with Crippen molar-refractivity contribution in [3.8, 4) is 6.07 Å². The Morgan fingerprint density at radius 1 is 1.15 bits per heavy atom. The third-order valence-electron chi connectivity index (χ3n) is 4.66. The molecule has 1 amide bonds. The molecule has 0 heterocycles. The molecule has 2 aromatic rings. The van der Waals surface area contributed by atoms with E-state index in [9.17, 15) is 32.3 Å². The summed E-state index contributed by atoms with van der Waals surface area (Å²) in [5.74, 6) is -3.03. The van der Waals surface area contributed by atoms with Crippen LogP contribution in [0.4, 0.5) is 28.9 Å². The van der Waals surface area contributed by atoms with Crippen LogP contribution in [0.25, 0.3) is 0 Å². The molecule has 0 saturated carbocycles. The van der Waals surface area contributed by atoms with Gasteiger partial charge in [-0.3, -0.25) is 4.79 Å². The molecule has 0 bridgehead atoms. The van der Waals surface area contributed by atoms with Crippen LogP contribution in [-0.4, -0.2) is 34.7 Å². The molecule has 0 saturated heterocycles. The highest BCUT2D eigenvalue weighted by Crippen LogP contribution is 2.34. The molecule has 0 aliphatic heterocycles. The van der Waals surface area contributed by atoms with E-state index in [1.54, 1.807) is 0 Å². The first-order chi connectivity index (χ1) is 15.2. The summed E-state index contributed by atoms with van der Waals surface area (Å²) in [4.78, 5) is 24.6. The molecular weight excluding hydrogens is 464 g/mol. The molecule has 2 rings (SSSR count). The lowest BCUT2D eigenvalue weighted by molar-refractivity contribution is -0.141. The first-order valence-electron chi connectivity index (χ1n) is 9.21. The zero-order chi connectivity index (χ0) is 25.1. The summed E-state index contributed by atoms with van der Waals surface area (Å²) in [6.07, 6.45) is -4.82. The zero-order valence-electron chi connectivity index (χ0n) is 17.5. The number of thiocarbonyl (C=S) groups is 1. The standard InChI is InChI=1S/C21H18F4N4O3S/c1-20(2,18(31)32)29(13-6-7-14(16(22)9-13)17(30)27-3)19(33)28-12-5-4-11(10-26)15(8-12)21(23,24)25/h4-9H,1-3H3,(H,27,30)(H,28,33)(H,31,32). The van der Waals surface area contributed by atoms with E-state index in [-0.39, 0.29) is 22.1 Å². The molecule has 0 spiro atoms. The van der Waals surface area contributed by atoms with Crippen LogP contribution < -0.4 is 15.5 Å². The second-order valence-corrected chi connectivity index (χ2v) is 7.63. The van der Waals surface area contributed by atoms with Gasteiger partial charge in [-0.05, 0) is 62.5 Å². The predicted molar refractivity (Wildman–Crippen MR) is 116 cm³/mol. The van der Waals surface area contributed by atoms with Gasteiger partial charge in [-0.2, -0.15) is 18.4 Å². The molecule has 7 nitrogen and oxygen atoms in total. The van der Waals surface area contributed by atoms with Gasteiger partial charge in [0.15, 0.2) is 5.11 Å². The van der Waals surface area contributed by atoms with Crippen LogP contribution in [0.3, 0.4) is 0 Å². The van der Waals surface area contributed by atoms with E-state index < -0.39 is 40.5 Å². The topological polar surface area (TPSA) is 105 Å². The lowest BCUT2D eigenvalue weighted by atomic mass is 10.0. The summed E-state index contributed by atoms with van der Waals surface area (Å²) in [6.45, 7) is 2.52. The average molecular weight is 482 g/mol. The molecule has 0 aliphatic rings. The highest BCUT2D eigenvalue weighted by molar-refractivity contribution is 7.80. The predicted octanol–water partition coefficient (Wildman–Crippen LogP) is 4.14. The highest BCUT2D eigenvalue weighted by atomic mass is 32.1. The molecule has 3 N–H and O–H groups in total. The van der Waals surface area contributed by atoms with Crippen molar-refractivity contribution in [2.24, 2.45) is 0 Å². The number of aliphatic carboxylic acids is 1. The van der Waals surface area contributed by atoms with Crippen LogP contribution in [0.2, 0.25) is 0 Å². The Kier molecular flexibility index (Phi) is 7.29. The number of carbonyl (C=O) groups excluding carboxylic acids is 1. The molecule has 174 valence electrons. The van der Waals surface area contributed by atoms with Crippen molar-refractivity contribution in [2.45, 2.75) is 25.6 Å². The number of nitrogens with one attached hydrogen (secondary N) is 2. The fraction of sp³-hybridized carbons (Fsp3) is 0.238. The number of hydrogen-bond donors (Lipinski definition) is 3. The van der Waals surface area contributed by atoms with Crippen LogP contribution in [0.1, 0.15) is 35.3 Å². The Labute approximate surface area is 191 Å². The number of hydrogen-bond acceptors (Lipinski definition) is 4. The van der Waals surface area contributed by atoms with E-state index in [1.165, 1.54) is 39.1 Å². The Balaban J connectivity index is 2.54. The molecule has 33 heavy (non-hydrogen) atoms. The van der Waals surface area contributed by atoms with Crippen molar-refractivity contribution in [1.82, 2.24) is 5.32 Å². The molecule has 0 fully saturated rings. The maximum atomic E-state index is 14.5. The fourth-order valence-corrected chi connectivity index (χ4v) is 3.34. The lowest BCUT2D eigenvalue weighted by Crippen LogP contribution is -2.55. The van der Waals surface area contributed by atoms with Crippen molar-refractivity contribution < 1.29 is 32.3 Å². The Hall–Kier alpha value is -3.72. The number of anilines is 2. The van der Waals surface area contributed by atoms with E-state index in [1.807, 2.05) is 0 Å². The summed E-state index contributed by atoms with van der Waals surface area (Å²) in [6, 6.07) is 7.50. The number of carboxylic acid groups (broad SMARTS) is 1. The molecule has 2 aromatic carbocycles. The van der Waals surface area contributed by atoms with E-state index in [2.05, 4.69) is 10.6 Å². The Bertz CT molecular complexity index is 1160. The number of rotatable bonds is 5. The van der Waals surface area contributed by atoms with Crippen molar-refractivity contribution in [3.05, 3.63) is 58.9 Å². The largest absolute Gasteiger partial charge is 0.480 e. The summed E-state index contributed by atoms with van der Waals surface area (Å²) in [5, 5.41) is 23.0. The number of halogens is 4. The van der Waals surface area contributed by atoms with Gasteiger partial charge >= 0.3 is 12.1 Å². The number of amides is 1. The Morgan fingerprint density at radius 3 is 2.27 bits per heavy atom. The van der Waals surface area contributed by atoms with Crippen LogP contribution in [0, 0.1) is 17.1 Å². The van der Waals surface area contributed by atoms with Gasteiger partial charge in [0.1, 0.15) is 11.4 Å². The van der Waals surface area contributed by atoms with Gasteiger partial charge in [0, 0.05) is 18.4 Å². The SMILES string of the molecule is CNC(=O)c1ccc(N(C(=S)Nc2ccc(C#N)c(C(F)(F)F)c2)C(C)(C)C(=O)O)cc1F. The number of carboxylic acids is 1. The number of carbonyl (C=O) groups is 2. The second kappa shape index (κ2) is 9.41. The zero-order valence-corrected chi connectivity index (χ0v) is 18.4. The average Bonchev–Trinajstić information content (AvgIpc) is 2.72. The maximum Gasteiger partial charge on any atom is 0.417 e. The molecule has 0 aliphatic carbocycles. The van der Waals surface area contributed by atoms with Crippen LogP contribution in [0.15, 0.2) is 36.4 Å². The quantitative estimate of drug-likeness (QED) is 0.435. The molecule has 12 heteroatoms. The van der Waals surface area contributed by atoms with Crippen LogP contribution in [0.5, 0.6) is 0 Å². The minimum absolute atomic E-state index is 0.0604. The Morgan fingerprint density at radius 2 is 1.79 bits per heavy atom. The summed E-state index contributed by atoms with van der Waals surface area (Å²) < 4.78 is 54.4. The molecule has 0 aromatic heterocycles. The summed E-state index contributed by atoms with van der Waals surface area (Å²) >= 11 is 5.26. The van der Waals surface area contributed by atoms with Crippen molar-refractivity contribution in [3.63, 3.8) is 0 Å². The van der Waals surface area contributed by atoms with E-state index in [4.69, 9.17) is 17.5 Å². The summed E-state index contributed by atoms with van der Waals surface area (Å²) in [7, 11) is 1.31. The van der Waals surface area contributed by atoms with Crippen LogP contribution >= 0.6 is 12.2 Å². The van der Waals surface area contributed by atoms with Crippen molar-refractivity contribution in [1.29, 1.82) is 5.26 Å². The van der Waals surface area contributed by atoms with E-state index >= 15 is 0 Å². The van der Waals surface area contributed by atoms with Gasteiger partial charge in [-0.25, -0.2) is 9.18 Å². The molecule has 0 atom stereocenters. The third-order valence-corrected chi connectivity index (χ3v) is 4.95. The first kappa shape index (κ1) is 25.5. The van der Waals surface area contributed by atoms with Gasteiger partial charge < -0.3 is 20.6 Å². The second-order valence-electron chi connectivity index (χ2n) is 7.24. The van der Waals surface area contributed by atoms with E-state index in [0.717, 1.165) is 23.1 Å². The van der Waals surface area contributed by atoms with Crippen molar-refractivity contribution in [2.75, 3.05) is 17.3 Å². The summed E-state index contributed by atoms with van der Waals surface area (Å²) in [5.41, 5.74) is -4.11. The van der Waals surface area contributed by atoms with Crippen LogP contribution in [-0.2, 0) is 11.0 Å². The van der Waals surface area contributed by atoms with Gasteiger partial charge in [-0.1, -0.05) is 0 Å². The smallest absolute Gasteiger partial charge is 0.417 e. The number of nitrogens with zero attached hydrogens (tertiary/aromatic N) is 2. The fourth-order valence-electron chi connectivity index (χ4n) is 2.88. The van der Waals surface area contributed by atoms with Gasteiger partial charge in [0.05, 0.1) is 22.8 Å². The lowest BCUT2D eigenvalue weighted by Gasteiger charge is -2.37. The number of benzene rings is 2. The molecular formula is C21H18F4N4O3S. The van der Waals surface area contributed by atoms with Gasteiger partial charge in [0.25, 0.3) is 5.91 Å².